The lowest BCUT2D eigenvalue weighted by molar-refractivity contribution is 0.0266. The van der Waals surface area contributed by atoms with Gasteiger partial charge in [-0.25, -0.2) is 17.7 Å². The quantitative estimate of drug-likeness (QED) is 0.741. The highest BCUT2D eigenvalue weighted by atomic mass is 32.2. The molecule has 10 heteroatoms. The molecule has 0 bridgehead atoms. The minimum absolute atomic E-state index is 0.0841. The van der Waals surface area contributed by atoms with Crippen molar-refractivity contribution in [3.05, 3.63) is 28.2 Å². The zero-order valence-electron chi connectivity index (χ0n) is 20.1. The van der Waals surface area contributed by atoms with Crippen LogP contribution in [0, 0.1) is 6.92 Å². The maximum absolute atomic E-state index is 13.0. The van der Waals surface area contributed by atoms with Crippen molar-refractivity contribution in [2.45, 2.75) is 63.6 Å². The molecule has 2 atom stereocenters. The van der Waals surface area contributed by atoms with Gasteiger partial charge in [0.05, 0.1) is 17.8 Å². The van der Waals surface area contributed by atoms with E-state index in [4.69, 9.17) is 4.11 Å². The van der Waals surface area contributed by atoms with Gasteiger partial charge in [-0.1, -0.05) is 0 Å². The maximum atomic E-state index is 13.0. The highest BCUT2D eigenvalue weighted by Crippen LogP contribution is 2.39. The SMILES string of the molecule is [2H]C([2H])([2H])S(=O)(=O)N1CCC(Nc2ncc3cc(C)c(=O)n([C@@H]4CCC[C@@]4(C)O)c3n2)CC1. The smallest absolute Gasteiger partial charge is 0.255 e. The molecule has 3 heterocycles. The molecule has 30 heavy (non-hydrogen) atoms. The Morgan fingerprint density at radius 1 is 1.33 bits per heavy atom. The number of sulfonamides is 1. The number of rotatable bonds is 4. The molecule has 9 nitrogen and oxygen atoms in total. The summed E-state index contributed by atoms with van der Waals surface area (Å²) in [6, 6.07) is 1.20. The van der Waals surface area contributed by atoms with Crippen molar-refractivity contribution in [1.29, 1.82) is 0 Å². The minimum atomic E-state index is -4.35. The van der Waals surface area contributed by atoms with E-state index in [9.17, 15) is 18.3 Å². The number of piperidine rings is 1. The van der Waals surface area contributed by atoms with Crippen LogP contribution in [0.1, 0.15) is 54.7 Å². The van der Waals surface area contributed by atoms with E-state index in [0.717, 1.165) is 10.7 Å². The maximum Gasteiger partial charge on any atom is 0.255 e. The van der Waals surface area contributed by atoms with Gasteiger partial charge in [-0.15, -0.1) is 0 Å². The minimum Gasteiger partial charge on any atom is -0.388 e. The first-order chi connectivity index (χ1) is 15.3. The van der Waals surface area contributed by atoms with Gasteiger partial charge in [0.2, 0.25) is 16.0 Å². The number of hydrogen-bond acceptors (Lipinski definition) is 7. The molecular formula is C20H29N5O4S. The average Bonchev–Trinajstić information content (AvgIpc) is 3.07. The Bertz CT molecular complexity index is 1220. The number of anilines is 1. The lowest BCUT2D eigenvalue weighted by atomic mass is 9.99. The highest BCUT2D eigenvalue weighted by molar-refractivity contribution is 7.88. The van der Waals surface area contributed by atoms with Crippen molar-refractivity contribution < 1.29 is 17.6 Å². The summed E-state index contributed by atoms with van der Waals surface area (Å²) in [6.07, 6.45) is 1.45. The Labute approximate surface area is 180 Å². The molecule has 0 aromatic carbocycles. The molecule has 2 fully saturated rings. The Kier molecular flexibility index (Phi) is 4.45. The molecule has 1 saturated heterocycles. The molecule has 2 aromatic heterocycles. The van der Waals surface area contributed by atoms with Gasteiger partial charge in [0.25, 0.3) is 5.56 Å². The molecule has 2 aliphatic rings. The second-order valence-corrected chi connectivity index (χ2v) is 10.0. The number of fused-ring (bicyclic) bond motifs is 1. The van der Waals surface area contributed by atoms with Crippen molar-refractivity contribution >= 4 is 27.0 Å². The second-order valence-electron chi connectivity index (χ2n) is 8.56. The van der Waals surface area contributed by atoms with Gasteiger partial charge < -0.3 is 10.4 Å². The number of nitrogens with one attached hydrogen (secondary N) is 1. The first-order valence-corrected chi connectivity index (χ1v) is 11.6. The van der Waals surface area contributed by atoms with Crippen LogP contribution in [-0.2, 0) is 10.0 Å². The largest absolute Gasteiger partial charge is 0.388 e. The Balaban J connectivity index is 1.59. The van der Waals surface area contributed by atoms with E-state index in [1.165, 1.54) is 0 Å². The summed E-state index contributed by atoms with van der Waals surface area (Å²) in [5.74, 6) is 0.300. The molecule has 1 aliphatic heterocycles. The van der Waals surface area contributed by atoms with Crippen LogP contribution in [0.4, 0.5) is 5.95 Å². The third-order valence-electron chi connectivity index (χ3n) is 6.27. The average molecular weight is 439 g/mol. The molecule has 164 valence electrons. The summed E-state index contributed by atoms with van der Waals surface area (Å²) in [5, 5.41) is 14.7. The fourth-order valence-corrected chi connectivity index (χ4v) is 5.27. The molecule has 0 amide bonds. The molecular weight excluding hydrogens is 406 g/mol. The number of aromatic nitrogens is 3. The van der Waals surface area contributed by atoms with Crippen LogP contribution in [0.15, 0.2) is 17.1 Å². The molecule has 4 rings (SSSR count). The zero-order valence-corrected chi connectivity index (χ0v) is 17.9. The Hall–Kier alpha value is -2.04. The summed E-state index contributed by atoms with van der Waals surface area (Å²) in [7, 11) is -4.35. The fourth-order valence-electron chi connectivity index (χ4n) is 4.58. The second kappa shape index (κ2) is 7.58. The molecule has 2 aromatic rings. The number of aliphatic hydroxyl groups is 1. The van der Waals surface area contributed by atoms with Crippen molar-refractivity contribution in [3.63, 3.8) is 0 Å². The van der Waals surface area contributed by atoms with E-state index in [1.807, 2.05) is 0 Å². The van der Waals surface area contributed by atoms with Crippen molar-refractivity contribution in [2.24, 2.45) is 0 Å². The zero-order chi connectivity index (χ0) is 24.2. The van der Waals surface area contributed by atoms with Gasteiger partial charge in [-0.05, 0) is 52.0 Å². The normalized spacial score (nSPS) is 28.2. The van der Waals surface area contributed by atoms with Crippen molar-refractivity contribution in [1.82, 2.24) is 18.8 Å². The summed E-state index contributed by atoms with van der Waals surface area (Å²) in [6.45, 7) is 3.64. The van der Waals surface area contributed by atoms with Crippen LogP contribution in [0.3, 0.4) is 0 Å². The van der Waals surface area contributed by atoms with Crippen LogP contribution in [-0.4, -0.2) is 63.3 Å². The topological polar surface area (TPSA) is 117 Å². The monoisotopic (exact) mass is 438 g/mol. The highest BCUT2D eigenvalue weighted by Gasteiger charge is 2.39. The molecule has 1 aliphatic carbocycles. The summed E-state index contributed by atoms with van der Waals surface area (Å²) < 4.78 is 48.7. The first kappa shape index (κ1) is 17.6. The predicted octanol–water partition coefficient (Wildman–Crippen LogP) is 1.41. The summed E-state index contributed by atoms with van der Waals surface area (Å²) in [4.78, 5) is 22.0. The standard InChI is InChI=1S/C20H29N5O4S/c1-13-11-14-12-21-19(22-15-6-9-24(10-7-15)30(3,28)29)23-17(14)25(18(13)26)16-5-4-8-20(16,2)27/h11-12,15-16,27H,4-10H2,1-3H3,(H,21,22,23)/t16-,20-/m1/s1/i3D3. The van der Waals surface area contributed by atoms with Gasteiger partial charge in [0, 0.05) is 40.4 Å². The van der Waals surface area contributed by atoms with Crippen molar-refractivity contribution in [3.8, 4) is 0 Å². The van der Waals surface area contributed by atoms with Gasteiger partial charge in [0.15, 0.2) is 0 Å². The number of pyridine rings is 1. The van der Waals surface area contributed by atoms with Gasteiger partial charge in [-0.2, -0.15) is 4.98 Å². The van der Waals surface area contributed by atoms with Crippen LogP contribution in [0.25, 0.3) is 11.0 Å². The number of nitrogens with zero attached hydrogens (tertiary/aromatic N) is 4. The third kappa shape index (κ3) is 3.95. The lowest BCUT2D eigenvalue weighted by Gasteiger charge is -2.31. The van der Waals surface area contributed by atoms with E-state index in [1.54, 1.807) is 30.7 Å². The summed E-state index contributed by atoms with van der Waals surface area (Å²) in [5.41, 5.74) is -0.206. The van der Waals surface area contributed by atoms with E-state index in [2.05, 4.69) is 15.3 Å². The van der Waals surface area contributed by atoms with Crippen LogP contribution < -0.4 is 10.9 Å². The molecule has 2 N–H and O–H groups in total. The lowest BCUT2D eigenvalue weighted by Crippen LogP contribution is -2.42. The predicted molar refractivity (Wildman–Crippen MR) is 115 cm³/mol. The summed E-state index contributed by atoms with van der Waals surface area (Å²) >= 11 is 0. The van der Waals surface area contributed by atoms with Crippen LogP contribution >= 0.6 is 0 Å². The molecule has 0 spiro atoms. The van der Waals surface area contributed by atoms with Crippen LogP contribution in [0.5, 0.6) is 0 Å². The Morgan fingerprint density at radius 3 is 2.70 bits per heavy atom. The van der Waals surface area contributed by atoms with E-state index < -0.39 is 21.8 Å². The van der Waals surface area contributed by atoms with Gasteiger partial charge in [-0.3, -0.25) is 9.36 Å². The third-order valence-corrected chi connectivity index (χ3v) is 7.31. The van der Waals surface area contributed by atoms with E-state index >= 15 is 0 Å². The molecule has 1 saturated carbocycles. The van der Waals surface area contributed by atoms with Gasteiger partial charge in [0.1, 0.15) is 5.65 Å². The number of hydrogen-bond donors (Lipinski definition) is 2. The first-order valence-electron chi connectivity index (χ1n) is 11.7. The molecule has 0 radical (unpaired) electrons. The number of aryl methyl sites for hydroxylation is 1. The Morgan fingerprint density at radius 2 is 2.07 bits per heavy atom. The van der Waals surface area contributed by atoms with Crippen molar-refractivity contribution in [2.75, 3.05) is 24.6 Å². The van der Waals surface area contributed by atoms with E-state index in [-0.39, 0.29) is 30.7 Å². The fraction of sp³-hybridized carbons (Fsp3) is 0.650. The molecule has 0 unspecified atom stereocenters. The van der Waals surface area contributed by atoms with E-state index in [0.29, 0.717) is 48.2 Å². The van der Waals surface area contributed by atoms with Crippen LogP contribution in [0.2, 0.25) is 0 Å². The van der Waals surface area contributed by atoms with Gasteiger partial charge >= 0.3 is 0 Å².